The first-order valence-corrected chi connectivity index (χ1v) is 7.33. The van der Waals surface area contributed by atoms with Gasteiger partial charge in [0.05, 0.1) is 30.1 Å². The number of fused-ring (bicyclic) bond motifs is 1. The smallest absolute Gasteiger partial charge is 0.307 e. The number of benzene rings is 1. The van der Waals surface area contributed by atoms with Crippen LogP contribution < -0.4 is 0 Å². The Labute approximate surface area is 125 Å². The van der Waals surface area contributed by atoms with Gasteiger partial charge in [-0.3, -0.25) is 9.69 Å². The predicted octanol–water partition coefficient (Wildman–Crippen LogP) is 2.82. The molecule has 5 nitrogen and oxygen atoms in total. The lowest BCUT2D eigenvalue weighted by molar-refractivity contribution is -0.143. The molecule has 21 heavy (non-hydrogen) atoms. The molecule has 0 amide bonds. The van der Waals surface area contributed by atoms with Crippen molar-refractivity contribution < 1.29 is 9.53 Å². The number of esters is 1. The average Bonchev–Trinajstić information content (AvgIpc) is 2.87. The predicted molar refractivity (Wildman–Crippen MR) is 83.1 cm³/mol. The van der Waals surface area contributed by atoms with Crippen molar-refractivity contribution in [1.82, 2.24) is 14.9 Å². The second-order valence-corrected chi connectivity index (χ2v) is 5.35. The van der Waals surface area contributed by atoms with Gasteiger partial charge in [-0.25, -0.2) is 4.98 Å². The minimum Gasteiger partial charge on any atom is -0.466 e. The van der Waals surface area contributed by atoms with Crippen LogP contribution >= 0.6 is 0 Å². The molecular formula is C16H23N3O2. The van der Waals surface area contributed by atoms with E-state index in [1.807, 2.05) is 20.0 Å². The van der Waals surface area contributed by atoms with Crippen LogP contribution in [0.4, 0.5) is 0 Å². The maximum atomic E-state index is 11.4. The first kappa shape index (κ1) is 15.5. The van der Waals surface area contributed by atoms with Crippen LogP contribution in [0.5, 0.6) is 0 Å². The van der Waals surface area contributed by atoms with Gasteiger partial charge in [0.15, 0.2) is 0 Å². The molecule has 0 spiro atoms. The normalized spacial score (nSPS) is 12.8. The minimum absolute atomic E-state index is 0.118. The number of aromatic amines is 1. The van der Waals surface area contributed by atoms with Crippen LogP contribution in [0.15, 0.2) is 18.2 Å². The molecule has 0 aliphatic heterocycles. The zero-order chi connectivity index (χ0) is 15.4. The fraction of sp³-hybridized carbons (Fsp3) is 0.500. The Hall–Kier alpha value is -1.88. The molecule has 1 unspecified atom stereocenters. The van der Waals surface area contributed by atoms with Crippen molar-refractivity contribution >= 4 is 17.0 Å². The molecule has 5 heteroatoms. The molecule has 114 valence electrons. The van der Waals surface area contributed by atoms with Gasteiger partial charge >= 0.3 is 5.97 Å². The summed E-state index contributed by atoms with van der Waals surface area (Å²) >= 11 is 0. The summed E-state index contributed by atoms with van der Waals surface area (Å²) in [5.41, 5.74) is 3.23. The summed E-state index contributed by atoms with van der Waals surface area (Å²) in [5.74, 6) is 0.763. The first-order valence-electron chi connectivity index (χ1n) is 7.33. The Morgan fingerprint density at radius 3 is 2.95 bits per heavy atom. The Bertz CT molecular complexity index is 621. The van der Waals surface area contributed by atoms with Gasteiger partial charge in [0, 0.05) is 6.54 Å². The largest absolute Gasteiger partial charge is 0.466 e. The number of hydrogen-bond acceptors (Lipinski definition) is 4. The first-order chi connectivity index (χ1) is 10.0. The Morgan fingerprint density at radius 2 is 2.24 bits per heavy atom. The number of ether oxygens (including phenoxy) is 1. The minimum atomic E-state index is -0.156. The Morgan fingerprint density at radius 1 is 1.48 bits per heavy atom. The number of H-pyrrole nitrogens is 1. The summed E-state index contributed by atoms with van der Waals surface area (Å²) in [7, 11) is 1.99. The molecular weight excluding hydrogens is 266 g/mol. The van der Waals surface area contributed by atoms with E-state index in [0.29, 0.717) is 19.6 Å². The summed E-state index contributed by atoms with van der Waals surface area (Å²) in [6, 6.07) is 6.29. The third-order valence-electron chi connectivity index (χ3n) is 3.69. The number of rotatable bonds is 6. The fourth-order valence-corrected chi connectivity index (χ4v) is 2.24. The number of hydrogen-bond donors (Lipinski definition) is 1. The molecule has 2 rings (SSSR count). The summed E-state index contributed by atoms with van der Waals surface area (Å²) in [6.45, 7) is 7.04. The monoisotopic (exact) mass is 289 g/mol. The summed E-state index contributed by atoms with van der Waals surface area (Å²) < 4.78 is 4.95. The van der Waals surface area contributed by atoms with Crippen molar-refractivity contribution in [3.05, 3.63) is 29.6 Å². The van der Waals surface area contributed by atoms with Crippen molar-refractivity contribution in [1.29, 1.82) is 0 Å². The van der Waals surface area contributed by atoms with Gasteiger partial charge < -0.3 is 9.72 Å². The lowest BCUT2D eigenvalue weighted by atomic mass is 10.2. The van der Waals surface area contributed by atoms with Crippen molar-refractivity contribution in [2.24, 2.45) is 0 Å². The van der Waals surface area contributed by atoms with Gasteiger partial charge in [-0.1, -0.05) is 6.07 Å². The van der Waals surface area contributed by atoms with Gasteiger partial charge in [-0.15, -0.1) is 0 Å². The molecule has 2 aromatic rings. The van der Waals surface area contributed by atoms with Gasteiger partial charge in [0.25, 0.3) is 0 Å². The second-order valence-electron chi connectivity index (χ2n) is 5.35. The van der Waals surface area contributed by atoms with E-state index in [0.717, 1.165) is 16.9 Å². The maximum Gasteiger partial charge on any atom is 0.307 e. The Balaban J connectivity index is 2.03. The SMILES string of the molecule is CCOC(=O)CCN(C)C(C)c1nc2ccc(C)cc2[nH]1. The number of nitrogens with zero attached hydrogens (tertiary/aromatic N) is 2. The molecule has 1 atom stereocenters. The average molecular weight is 289 g/mol. The van der Waals surface area contributed by atoms with Crippen molar-refractivity contribution in [3.63, 3.8) is 0 Å². The molecule has 0 aliphatic rings. The Kier molecular flexibility index (Phi) is 4.96. The molecule has 0 saturated carbocycles. The highest BCUT2D eigenvalue weighted by molar-refractivity contribution is 5.75. The van der Waals surface area contributed by atoms with E-state index in [-0.39, 0.29) is 12.0 Å². The summed E-state index contributed by atoms with van der Waals surface area (Å²) in [5, 5.41) is 0. The van der Waals surface area contributed by atoms with E-state index in [9.17, 15) is 4.79 Å². The lowest BCUT2D eigenvalue weighted by Gasteiger charge is -2.22. The van der Waals surface area contributed by atoms with Crippen LogP contribution in [0, 0.1) is 6.92 Å². The van der Waals surface area contributed by atoms with E-state index in [1.54, 1.807) is 0 Å². The zero-order valence-electron chi connectivity index (χ0n) is 13.1. The van der Waals surface area contributed by atoms with E-state index in [1.165, 1.54) is 5.56 Å². The van der Waals surface area contributed by atoms with E-state index in [2.05, 4.69) is 40.8 Å². The number of aryl methyl sites for hydroxylation is 1. The van der Waals surface area contributed by atoms with Crippen LogP contribution in [0.3, 0.4) is 0 Å². The standard InChI is InChI=1S/C16H23N3O2/c1-5-21-15(20)8-9-19(4)12(3)16-17-13-7-6-11(2)10-14(13)18-16/h6-7,10,12H,5,8-9H2,1-4H3,(H,17,18). The third kappa shape index (κ3) is 3.82. The van der Waals surface area contributed by atoms with Crippen molar-refractivity contribution in [2.75, 3.05) is 20.2 Å². The van der Waals surface area contributed by atoms with Crippen LogP contribution in [0.25, 0.3) is 11.0 Å². The summed E-state index contributed by atoms with van der Waals surface area (Å²) in [4.78, 5) is 21.5. The molecule has 0 saturated heterocycles. The van der Waals surface area contributed by atoms with Gasteiger partial charge in [-0.2, -0.15) is 0 Å². The molecule has 1 heterocycles. The van der Waals surface area contributed by atoms with E-state index in [4.69, 9.17) is 4.74 Å². The quantitative estimate of drug-likeness (QED) is 0.831. The maximum absolute atomic E-state index is 11.4. The van der Waals surface area contributed by atoms with E-state index >= 15 is 0 Å². The molecule has 0 aliphatic carbocycles. The number of imidazole rings is 1. The molecule has 1 aromatic carbocycles. The molecule has 0 radical (unpaired) electrons. The van der Waals surface area contributed by atoms with Crippen LogP contribution in [0.1, 0.15) is 37.7 Å². The third-order valence-corrected chi connectivity index (χ3v) is 3.69. The van der Waals surface area contributed by atoms with Crippen LogP contribution in [-0.4, -0.2) is 41.0 Å². The fourth-order valence-electron chi connectivity index (χ4n) is 2.24. The van der Waals surface area contributed by atoms with Crippen molar-refractivity contribution in [2.45, 2.75) is 33.2 Å². The summed E-state index contributed by atoms with van der Waals surface area (Å²) in [6.07, 6.45) is 0.397. The topological polar surface area (TPSA) is 58.2 Å². The van der Waals surface area contributed by atoms with Crippen molar-refractivity contribution in [3.8, 4) is 0 Å². The number of nitrogens with one attached hydrogen (secondary N) is 1. The molecule has 0 fully saturated rings. The number of aromatic nitrogens is 2. The van der Waals surface area contributed by atoms with Gasteiger partial charge in [0.2, 0.25) is 0 Å². The number of carbonyl (C=O) groups is 1. The molecule has 1 N–H and O–H groups in total. The highest BCUT2D eigenvalue weighted by Gasteiger charge is 2.16. The highest BCUT2D eigenvalue weighted by atomic mass is 16.5. The second kappa shape index (κ2) is 6.72. The van der Waals surface area contributed by atoms with Crippen LogP contribution in [-0.2, 0) is 9.53 Å². The van der Waals surface area contributed by atoms with Gasteiger partial charge in [-0.05, 0) is 45.5 Å². The van der Waals surface area contributed by atoms with Crippen LogP contribution in [0.2, 0.25) is 0 Å². The zero-order valence-corrected chi connectivity index (χ0v) is 13.1. The van der Waals surface area contributed by atoms with Gasteiger partial charge in [0.1, 0.15) is 5.82 Å². The van der Waals surface area contributed by atoms with E-state index < -0.39 is 0 Å². The number of carbonyl (C=O) groups excluding carboxylic acids is 1. The lowest BCUT2D eigenvalue weighted by Crippen LogP contribution is -2.26. The highest BCUT2D eigenvalue weighted by Crippen LogP contribution is 2.20. The molecule has 1 aromatic heterocycles. The molecule has 0 bridgehead atoms.